The molecular formula is C13H13NO5S. The lowest BCUT2D eigenvalue weighted by molar-refractivity contribution is -0.130. The largest absolute Gasteiger partial charge is 0.472 e. The number of carboxylic acids is 1. The minimum Gasteiger partial charge on any atom is -0.472 e. The van der Waals surface area contributed by atoms with Crippen molar-refractivity contribution in [2.45, 2.75) is 4.90 Å². The van der Waals surface area contributed by atoms with E-state index in [-0.39, 0.29) is 4.90 Å². The zero-order chi connectivity index (χ0) is 14.6. The summed E-state index contributed by atoms with van der Waals surface area (Å²) < 4.78 is 31.1. The molecule has 1 aromatic carbocycles. The quantitative estimate of drug-likeness (QED) is 0.785. The third-order valence-electron chi connectivity index (χ3n) is 2.78. The van der Waals surface area contributed by atoms with E-state index < -0.39 is 16.0 Å². The summed E-state index contributed by atoms with van der Waals surface area (Å²) in [5.74, 6) is 3.17. The Labute approximate surface area is 117 Å². The van der Waals surface area contributed by atoms with Gasteiger partial charge in [-0.3, -0.25) is 0 Å². The van der Waals surface area contributed by atoms with Gasteiger partial charge >= 0.3 is 5.97 Å². The van der Waals surface area contributed by atoms with Crippen molar-refractivity contribution < 1.29 is 23.1 Å². The van der Waals surface area contributed by atoms with Crippen LogP contribution in [0.25, 0.3) is 0 Å². The zero-order valence-corrected chi connectivity index (χ0v) is 11.4. The first kappa shape index (κ1) is 14.5. The van der Waals surface area contributed by atoms with Gasteiger partial charge in [0.05, 0.1) is 18.1 Å². The van der Waals surface area contributed by atoms with Gasteiger partial charge in [-0.1, -0.05) is 5.92 Å². The maximum absolute atomic E-state index is 12.3. The molecule has 0 unspecified atom stereocenters. The second kappa shape index (κ2) is 6.05. The van der Waals surface area contributed by atoms with Crippen molar-refractivity contribution in [2.24, 2.45) is 0 Å². The van der Waals surface area contributed by atoms with Crippen LogP contribution in [0, 0.1) is 11.8 Å². The second-order valence-corrected chi connectivity index (χ2v) is 6.03. The Hall–Kier alpha value is -1.88. The maximum Gasteiger partial charge on any atom is 0.382 e. The first-order chi connectivity index (χ1) is 9.50. The predicted molar refractivity (Wildman–Crippen MR) is 70.5 cm³/mol. The highest BCUT2D eigenvalue weighted by Crippen LogP contribution is 2.17. The highest BCUT2D eigenvalue weighted by molar-refractivity contribution is 7.89. The fourth-order valence-corrected chi connectivity index (χ4v) is 3.18. The molecule has 1 aliphatic heterocycles. The summed E-state index contributed by atoms with van der Waals surface area (Å²) in [6.07, 6.45) is 0. The molecule has 106 valence electrons. The van der Waals surface area contributed by atoms with Crippen LogP contribution in [0.1, 0.15) is 5.56 Å². The van der Waals surface area contributed by atoms with E-state index in [1.165, 1.54) is 28.6 Å². The standard InChI is InChI=1S/C13H13NO5S/c15-13(16)6-3-11-1-4-12(5-2-11)20(17,18)14-7-9-19-10-8-14/h1-2,4-5H,7-10H2,(H,15,16). The summed E-state index contributed by atoms with van der Waals surface area (Å²) in [6.45, 7) is 1.45. The number of carboxylic acid groups (broad SMARTS) is 1. The highest BCUT2D eigenvalue weighted by Gasteiger charge is 2.25. The van der Waals surface area contributed by atoms with Gasteiger partial charge < -0.3 is 9.84 Å². The van der Waals surface area contributed by atoms with E-state index in [9.17, 15) is 13.2 Å². The van der Waals surface area contributed by atoms with E-state index in [0.29, 0.717) is 31.9 Å². The fraction of sp³-hybridized carbons (Fsp3) is 0.308. The van der Waals surface area contributed by atoms with Crippen LogP contribution in [-0.2, 0) is 19.6 Å². The number of benzene rings is 1. The third-order valence-corrected chi connectivity index (χ3v) is 4.69. The number of sulfonamides is 1. The minimum absolute atomic E-state index is 0.167. The predicted octanol–water partition coefficient (Wildman–Crippen LogP) is 0.144. The van der Waals surface area contributed by atoms with Crippen LogP contribution in [0.3, 0.4) is 0 Å². The van der Waals surface area contributed by atoms with Gasteiger partial charge in [-0.25, -0.2) is 13.2 Å². The van der Waals surface area contributed by atoms with Crippen molar-refractivity contribution in [3.63, 3.8) is 0 Å². The molecule has 1 N–H and O–H groups in total. The van der Waals surface area contributed by atoms with Crippen molar-refractivity contribution in [3.05, 3.63) is 29.8 Å². The lowest BCUT2D eigenvalue weighted by Gasteiger charge is -2.26. The Morgan fingerprint density at radius 3 is 2.35 bits per heavy atom. The molecule has 2 rings (SSSR count). The van der Waals surface area contributed by atoms with Crippen molar-refractivity contribution >= 4 is 16.0 Å². The van der Waals surface area contributed by atoms with Gasteiger partial charge in [-0.2, -0.15) is 4.31 Å². The lowest BCUT2D eigenvalue weighted by Crippen LogP contribution is -2.40. The molecule has 6 nitrogen and oxygen atoms in total. The molecule has 0 bridgehead atoms. The smallest absolute Gasteiger partial charge is 0.382 e. The summed E-state index contributed by atoms with van der Waals surface area (Å²) in [5, 5.41) is 8.44. The Kier molecular flexibility index (Phi) is 4.39. The van der Waals surface area contributed by atoms with Gasteiger partial charge in [0.1, 0.15) is 0 Å². The van der Waals surface area contributed by atoms with Gasteiger partial charge in [0, 0.05) is 24.6 Å². The summed E-state index contributed by atoms with van der Waals surface area (Å²) >= 11 is 0. The molecule has 1 saturated heterocycles. The molecule has 0 atom stereocenters. The van der Waals surface area contributed by atoms with E-state index in [1.807, 2.05) is 5.92 Å². The summed E-state index contributed by atoms with van der Waals surface area (Å²) in [6, 6.07) is 5.83. The first-order valence-corrected chi connectivity index (χ1v) is 7.37. The average Bonchev–Trinajstić information content (AvgIpc) is 2.46. The molecule has 20 heavy (non-hydrogen) atoms. The molecule has 0 saturated carbocycles. The van der Waals surface area contributed by atoms with Gasteiger partial charge in [-0.15, -0.1) is 0 Å². The number of nitrogens with zero attached hydrogens (tertiary/aromatic N) is 1. The summed E-state index contributed by atoms with van der Waals surface area (Å²) in [5.41, 5.74) is 0.452. The third kappa shape index (κ3) is 3.36. The molecule has 7 heteroatoms. The van der Waals surface area contributed by atoms with E-state index >= 15 is 0 Å². The molecule has 0 aromatic heterocycles. The SMILES string of the molecule is O=C(O)C#Cc1ccc(S(=O)(=O)N2CCOCC2)cc1. The van der Waals surface area contributed by atoms with Gasteiger partial charge in [0.25, 0.3) is 0 Å². The Morgan fingerprint density at radius 1 is 1.20 bits per heavy atom. The van der Waals surface area contributed by atoms with Gasteiger partial charge in [-0.05, 0) is 24.3 Å². The van der Waals surface area contributed by atoms with Crippen LogP contribution < -0.4 is 0 Å². The van der Waals surface area contributed by atoms with Crippen LogP contribution in [0.4, 0.5) is 0 Å². The topological polar surface area (TPSA) is 83.9 Å². The lowest BCUT2D eigenvalue weighted by atomic mass is 10.2. The average molecular weight is 295 g/mol. The van der Waals surface area contributed by atoms with Crippen LogP contribution in [0.5, 0.6) is 0 Å². The maximum atomic E-state index is 12.3. The number of rotatable bonds is 2. The number of hydrogen-bond acceptors (Lipinski definition) is 4. The Balaban J connectivity index is 2.21. The molecule has 1 aromatic rings. The monoisotopic (exact) mass is 295 g/mol. The number of aliphatic carboxylic acids is 1. The molecule has 0 spiro atoms. The molecule has 1 heterocycles. The minimum atomic E-state index is -3.52. The first-order valence-electron chi connectivity index (χ1n) is 5.93. The van der Waals surface area contributed by atoms with E-state index in [0.717, 1.165) is 0 Å². The van der Waals surface area contributed by atoms with Crippen LogP contribution in [0.2, 0.25) is 0 Å². The summed E-state index contributed by atoms with van der Waals surface area (Å²) in [7, 11) is -3.52. The van der Waals surface area contributed by atoms with Crippen molar-refractivity contribution in [1.29, 1.82) is 0 Å². The van der Waals surface area contributed by atoms with Crippen LogP contribution >= 0.6 is 0 Å². The highest BCUT2D eigenvalue weighted by atomic mass is 32.2. The summed E-state index contributed by atoms with van der Waals surface area (Å²) in [4.78, 5) is 10.5. The van der Waals surface area contributed by atoms with Gasteiger partial charge in [0.2, 0.25) is 10.0 Å². The zero-order valence-electron chi connectivity index (χ0n) is 10.6. The Bertz CT molecular complexity index is 648. The normalized spacial score (nSPS) is 16.2. The molecule has 0 radical (unpaired) electrons. The number of morpholine rings is 1. The molecular weight excluding hydrogens is 282 g/mol. The van der Waals surface area contributed by atoms with E-state index in [2.05, 4.69) is 5.92 Å². The van der Waals surface area contributed by atoms with Crippen molar-refractivity contribution in [3.8, 4) is 11.8 Å². The number of carbonyl (C=O) groups is 1. The van der Waals surface area contributed by atoms with Crippen LogP contribution in [-0.4, -0.2) is 50.1 Å². The van der Waals surface area contributed by atoms with Crippen molar-refractivity contribution in [1.82, 2.24) is 4.31 Å². The Morgan fingerprint density at radius 2 is 1.80 bits per heavy atom. The fourth-order valence-electron chi connectivity index (χ4n) is 1.77. The molecule has 0 aliphatic carbocycles. The van der Waals surface area contributed by atoms with Crippen LogP contribution in [0.15, 0.2) is 29.2 Å². The number of hydrogen-bond donors (Lipinski definition) is 1. The molecule has 1 fully saturated rings. The second-order valence-electron chi connectivity index (χ2n) is 4.10. The number of ether oxygens (including phenoxy) is 1. The van der Waals surface area contributed by atoms with Crippen molar-refractivity contribution in [2.75, 3.05) is 26.3 Å². The van der Waals surface area contributed by atoms with E-state index in [1.54, 1.807) is 0 Å². The molecule has 0 amide bonds. The van der Waals surface area contributed by atoms with E-state index in [4.69, 9.17) is 9.84 Å². The molecule has 1 aliphatic rings. The van der Waals surface area contributed by atoms with Gasteiger partial charge in [0.15, 0.2) is 0 Å².